The maximum absolute atomic E-state index is 4.76. The van der Waals surface area contributed by atoms with Crippen LogP contribution in [0.2, 0.25) is 0 Å². The minimum Gasteiger partial charge on any atom is -0.252 e. The highest BCUT2D eigenvalue weighted by atomic mass is 32.1. The highest BCUT2D eigenvalue weighted by molar-refractivity contribution is 7.26. The van der Waals surface area contributed by atoms with Crippen LogP contribution in [0.4, 0.5) is 0 Å². The first-order valence-corrected chi connectivity index (χ1v) is 17.4. The Bertz CT molecular complexity index is 2840. The van der Waals surface area contributed by atoms with Crippen molar-refractivity contribution >= 4 is 64.1 Å². The molecule has 0 aliphatic carbocycles. The van der Waals surface area contributed by atoms with E-state index in [1.54, 1.807) is 12.4 Å². The Labute approximate surface area is 287 Å². The van der Waals surface area contributed by atoms with E-state index in [1.807, 2.05) is 11.3 Å². The molecule has 0 radical (unpaired) electrons. The summed E-state index contributed by atoms with van der Waals surface area (Å²) in [5, 5.41) is 7.24. The smallest absolute Gasteiger partial charge is 0.0971 e. The van der Waals surface area contributed by atoms with Gasteiger partial charge in [-0.2, -0.15) is 0 Å². The van der Waals surface area contributed by atoms with E-state index in [4.69, 9.17) is 9.97 Å². The molecule has 228 valence electrons. The second-order valence-electron chi connectivity index (χ2n) is 12.6. The van der Waals surface area contributed by atoms with E-state index in [-0.39, 0.29) is 0 Å². The zero-order chi connectivity index (χ0) is 32.3. The summed E-state index contributed by atoms with van der Waals surface area (Å²) in [4.78, 5) is 9.47. The number of hydrogen-bond donors (Lipinski definition) is 0. The van der Waals surface area contributed by atoms with Crippen molar-refractivity contribution in [3.8, 4) is 44.5 Å². The van der Waals surface area contributed by atoms with Gasteiger partial charge in [-0.05, 0) is 86.1 Å². The van der Waals surface area contributed by atoms with Crippen molar-refractivity contribution in [1.29, 1.82) is 0 Å². The number of thiophene rings is 1. The molecule has 0 fully saturated rings. The van der Waals surface area contributed by atoms with Crippen molar-refractivity contribution in [2.45, 2.75) is 0 Å². The van der Waals surface area contributed by atoms with Crippen molar-refractivity contribution in [2.75, 3.05) is 0 Å². The fourth-order valence-electron chi connectivity index (χ4n) is 7.38. The first-order valence-electron chi connectivity index (χ1n) is 16.6. The summed E-state index contributed by atoms with van der Waals surface area (Å²) >= 11 is 1.88. The molecule has 0 bridgehead atoms. The van der Waals surface area contributed by atoms with Gasteiger partial charge in [0.25, 0.3) is 0 Å². The molecule has 8 aromatic carbocycles. The molecule has 0 amide bonds. The van der Waals surface area contributed by atoms with Gasteiger partial charge in [-0.25, -0.2) is 0 Å². The Kier molecular flexibility index (Phi) is 6.39. The molecule has 0 saturated carbocycles. The predicted octanol–water partition coefficient (Wildman–Crippen LogP) is 13.0. The van der Waals surface area contributed by atoms with Crippen LogP contribution < -0.4 is 0 Å². The standard InChI is InChI=1S/C46H28N2S/c1-3-10-29(11-4-1)32-19-21-43-41(26-32)42-28-35(30-12-5-2-6-13-30)27-39(46(42)49-43)34-15-9-14-31(24-34)33-18-20-38-40(25-33)36-16-7-8-17-37(36)44-45(38)48-23-22-47-44/h1-28H. The fraction of sp³-hybridized carbons (Fsp3) is 0. The number of aromatic nitrogens is 2. The van der Waals surface area contributed by atoms with Crippen LogP contribution in [0.15, 0.2) is 170 Å². The summed E-state index contributed by atoms with van der Waals surface area (Å²) in [6, 6.07) is 57.4. The van der Waals surface area contributed by atoms with Crippen molar-refractivity contribution < 1.29 is 0 Å². The van der Waals surface area contributed by atoms with Gasteiger partial charge in [0.1, 0.15) is 0 Å². The van der Waals surface area contributed by atoms with Crippen LogP contribution in [0.5, 0.6) is 0 Å². The number of fused-ring (bicyclic) bond motifs is 9. The minimum absolute atomic E-state index is 0.941. The fourth-order valence-corrected chi connectivity index (χ4v) is 8.58. The van der Waals surface area contributed by atoms with Crippen molar-refractivity contribution in [2.24, 2.45) is 0 Å². The van der Waals surface area contributed by atoms with Gasteiger partial charge in [-0.3, -0.25) is 9.97 Å². The molecule has 49 heavy (non-hydrogen) atoms. The van der Waals surface area contributed by atoms with E-state index in [0.717, 1.165) is 21.8 Å². The molecule has 0 saturated heterocycles. The number of hydrogen-bond acceptors (Lipinski definition) is 3. The monoisotopic (exact) mass is 640 g/mol. The Morgan fingerprint density at radius 3 is 1.65 bits per heavy atom. The van der Waals surface area contributed by atoms with E-state index in [1.165, 1.54) is 75.5 Å². The van der Waals surface area contributed by atoms with Crippen LogP contribution in [0.1, 0.15) is 0 Å². The van der Waals surface area contributed by atoms with Gasteiger partial charge in [0, 0.05) is 48.9 Å². The molecule has 0 N–H and O–H groups in total. The summed E-state index contributed by atoms with van der Waals surface area (Å²) in [5.74, 6) is 0. The Morgan fingerprint density at radius 1 is 0.327 bits per heavy atom. The molecule has 0 unspecified atom stereocenters. The molecule has 0 aliphatic rings. The molecule has 10 rings (SSSR count). The molecule has 3 heteroatoms. The van der Waals surface area contributed by atoms with Gasteiger partial charge in [0.2, 0.25) is 0 Å². The lowest BCUT2D eigenvalue weighted by molar-refractivity contribution is 1.31. The van der Waals surface area contributed by atoms with E-state index in [9.17, 15) is 0 Å². The van der Waals surface area contributed by atoms with Gasteiger partial charge in [-0.1, -0.05) is 121 Å². The average Bonchev–Trinajstić information content (AvgIpc) is 3.56. The molecule has 10 aromatic rings. The molecule has 0 aliphatic heterocycles. The molecule has 2 heterocycles. The van der Waals surface area contributed by atoms with Crippen molar-refractivity contribution in [3.63, 3.8) is 0 Å². The maximum atomic E-state index is 4.76. The second kappa shape index (κ2) is 11.2. The molecule has 0 spiro atoms. The molecule has 2 aromatic heterocycles. The molecular formula is C46H28N2S. The van der Waals surface area contributed by atoms with Crippen LogP contribution in [0, 0.1) is 0 Å². The van der Waals surface area contributed by atoms with Gasteiger partial charge in [0.05, 0.1) is 11.0 Å². The zero-order valence-electron chi connectivity index (χ0n) is 26.5. The Balaban J connectivity index is 1.18. The van der Waals surface area contributed by atoms with Crippen LogP contribution in [0.3, 0.4) is 0 Å². The van der Waals surface area contributed by atoms with Crippen LogP contribution in [0.25, 0.3) is 97.3 Å². The van der Waals surface area contributed by atoms with E-state index in [2.05, 4.69) is 158 Å². The predicted molar refractivity (Wildman–Crippen MR) is 209 cm³/mol. The SMILES string of the molecule is c1ccc(-c2ccc3sc4c(-c5cccc(-c6ccc7c(c6)c6ccccc6c6nccnc76)c5)cc(-c5ccccc5)cc4c3c2)cc1. The minimum atomic E-state index is 0.941. The quantitative estimate of drug-likeness (QED) is 0.179. The summed E-state index contributed by atoms with van der Waals surface area (Å²) < 4.78 is 2.61. The van der Waals surface area contributed by atoms with Gasteiger partial charge in [-0.15, -0.1) is 11.3 Å². The molecular weight excluding hydrogens is 613 g/mol. The number of nitrogens with zero attached hydrogens (tertiary/aromatic N) is 2. The largest absolute Gasteiger partial charge is 0.252 e. The first-order chi connectivity index (χ1) is 24.3. The average molecular weight is 641 g/mol. The normalized spacial score (nSPS) is 11.7. The van der Waals surface area contributed by atoms with Gasteiger partial charge >= 0.3 is 0 Å². The lowest BCUT2D eigenvalue weighted by atomic mass is 9.92. The van der Waals surface area contributed by atoms with E-state index < -0.39 is 0 Å². The first kappa shape index (κ1) is 27.9. The zero-order valence-corrected chi connectivity index (χ0v) is 27.3. The summed E-state index contributed by atoms with van der Waals surface area (Å²) in [6.07, 6.45) is 3.57. The third kappa shape index (κ3) is 4.62. The topological polar surface area (TPSA) is 25.8 Å². The Hall–Kier alpha value is -6.16. The Morgan fingerprint density at radius 2 is 0.878 bits per heavy atom. The maximum Gasteiger partial charge on any atom is 0.0971 e. The van der Waals surface area contributed by atoms with Crippen LogP contribution >= 0.6 is 11.3 Å². The van der Waals surface area contributed by atoms with E-state index in [0.29, 0.717) is 0 Å². The molecule has 0 atom stereocenters. The third-order valence-corrected chi connectivity index (χ3v) is 11.0. The highest BCUT2D eigenvalue weighted by Gasteiger charge is 2.16. The number of benzene rings is 8. The highest BCUT2D eigenvalue weighted by Crippen LogP contribution is 2.45. The summed E-state index contributed by atoms with van der Waals surface area (Å²) in [6.45, 7) is 0. The summed E-state index contributed by atoms with van der Waals surface area (Å²) in [7, 11) is 0. The van der Waals surface area contributed by atoms with E-state index >= 15 is 0 Å². The van der Waals surface area contributed by atoms with Crippen LogP contribution in [-0.4, -0.2) is 9.97 Å². The van der Waals surface area contributed by atoms with Crippen molar-refractivity contribution in [3.05, 3.63) is 170 Å². The summed E-state index contributed by atoms with van der Waals surface area (Å²) in [5.41, 5.74) is 11.6. The van der Waals surface area contributed by atoms with Crippen LogP contribution in [-0.2, 0) is 0 Å². The third-order valence-electron chi connectivity index (χ3n) is 9.74. The number of rotatable bonds is 4. The van der Waals surface area contributed by atoms with Gasteiger partial charge in [0.15, 0.2) is 0 Å². The van der Waals surface area contributed by atoms with Crippen molar-refractivity contribution in [1.82, 2.24) is 9.97 Å². The van der Waals surface area contributed by atoms with Gasteiger partial charge < -0.3 is 0 Å². The second-order valence-corrected chi connectivity index (χ2v) is 13.6. The lowest BCUT2D eigenvalue weighted by Crippen LogP contribution is -1.89. The lowest BCUT2D eigenvalue weighted by Gasteiger charge is -2.12. The molecule has 2 nitrogen and oxygen atoms in total.